The zero-order chi connectivity index (χ0) is 12.3. The first-order valence-electron chi connectivity index (χ1n) is 5.82. The molecule has 1 aliphatic rings. The van der Waals surface area contributed by atoms with Gasteiger partial charge in [-0.2, -0.15) is 10.4 Å². The molecule has 0 aliphatic heterocycles. The van der Waals surface area contributed by atoms with E-state index in [1.54, 1.807) is 22.8 Å². The maximum atomic E-state index is 9.11. The van der Waals surface area contributed by atoms with Gasteiger partial charge in [-0.1, -0.05) is 18.2 Å². The van der Waals surface area contributed by atoms with Crippen molar-refractivity contribution in [3.05, 3.63) is 6.33 Å². The molecule has 0 saturated heterocycles. The zero-order valence-electron chi connectivity index (χ0n) is 9.96. The molecule has 6 heteroatoms. The lowest BCUT2D eigenvalue weighted by atomic mass is 9.88. The quantitative estimate of drug-likeness (QED) is 0.816. The molecule has 1 aromatic rings. The Morgan fingerprint density at radius 2 is 2.59 bits per heavy atom. The molecular formula is C11H17N5S. The second-order valence-corrected chi connectivity index (χ2v) is 5.61. The maximum absolute atomic E-state index is 9.11. The first-order valence-corrected chi connectivity index (χ1v) is 6.81. The van der Waals surface area contributed by atoms with Crippen LogP contribution < -0.4 is 5.73 Å². The number of thioether (sulfide) groups is 1. The van der Waals surface area contributed by atoms with E-state index in [9.17, 15) is 0 Å². The van der Waals surface area contributed by atoms with Crippen LogP contribution in [0.5, 0.6) is 0 Å². The fraction of sp³-hybridized carbons (Fsp3) is 0.727. The number of nitriles is 1. The van der Waals surface area contributed by atoms with Crippen LogP contribution in [0.2, 0.25) is 0 Å². The normalized spacial score (nSPS) is 28.2. The molecule has 0 amide bonds. The Balaban J connectivity index is 1.83. The summed E-state index contributed by atoms with van der Waals surface area (Å²) in [7, 11) is 1.88. The molecule has 0 spiro atoms. The first kappa shape index (κ1) is 12.4. The third-order valence-electron chi connectivity index (χ3n) is 3.45. The van der Waals surface area contributed by atoms with Crippen molar-refractivity contribution < 1.29 is 0 Å². The molecule has 1 fully saturated rings. The SMILES string of the molecule is Cn1ncnc1SCCC1CCCC1(N)C#N. The van der Waals surface area contributed by atoms with Crippen molar-refractivity contribution in [2.45, 2.75) is 36.4 Å². The van der Waals surface area contributed by atoms with Gasteiger partial charge >= 0.3 is 0 Å². The highest BCUT2D eigenvalue weighted by atomic mass is 32.2. The Morgan fingerprint density at radius 1 is 1.76 bits per heavy atom. The third-order valence-corrected chi connectivity index (χ3v) is 4.51. The van der Waals surface area contributed by atoms with E-state index in [-0.39, 0.29) is 0 Å². The van der Waals surface area contributed by atoms with E-state index in [0.29, 0.717) is 5.92 Å². The fourth-order valence-corrected chi connectivity index (χ4v) is 3.30. The second-order valence-electron chi connectivity index (χ2n) is 4.54. The number of aryl methyl sites for hydroxylation is 1. The zero-order valence-corrected chi connectivity index (χ0v) is 10.8. The largest absolute Gasteiger partial charge is 0.313 e. The maximum Gasteiger partial charge on any atom is 0.185 e. The Bertz CT molecular complexity index is 424. The summed E-state index contributed by atoms with van der Waals surface area (Å²) < 4.78 is 1.76. The first-order chi connectivity index (χ1) is 8.15. The summed E-state index contributed by atoms with van der Waals surface area (Å²) in [6, 6.07) is 2.28. The third kappa shape index (κ3) is 2.61. The minimum Gasteiger partial charge on any atom is -0.313 e. The fourth-order valence-electron chi connectivity index (χ4n) is 2.36. The highest BCUT2D eigenvalue weighted by Gasteiger charge is 2.39. The van der Waals surface area contributed by atoms with Crippen molar-refractivity contribution in [1.82, 2.24) is 14.8 Å². The molecule has 1 aromatic heterocycles. The number of rotatable bonds is 4. The summed E-state index contributed by atoms with van der Waals surface area (Å²) in [4.78, 5) is 4.15. The summed E-state index contributed by atoms with van der Waals surface area (Å²) >= 11 is 1.68. The van der Waals surface area contributed by atoms with Gasteiger partial charge in [0.1, 0.15) is 11.9 Å². The van der Waals surface area contributed by atoms with Gasteiger partial charge in [-0.3, -0.25) is 0 Å². The van der Waals surface area contributed by atoms with E-state index < -0.39 is 5.54 Å². The number of hydrogen-bond donors (Lipinski definition) is 1. The van der Waals surface area contributed by atoms with Crippen LogP contribution in [0.3, 0.4) is 0 Å². The highest BCUT2D eigenvalue weighted by molar-refractivity contribution is 7.99. The van der Waals surface area contributed by atoms with Gasteiger partial charge in [0.25, 0.3) is 0 Å². The Morgan fingerprint density at radius 3 is 3.24 bits per heavy atom. The number of hydrogen-bond acceptors (Lipinski definition) is 5. The van der Waals surface area contributed by atoms with E-state index >= 15 is 0 Å². The van der Waals surface area contributed by atoms with Gasteiger partial charge in [-0.25, -0.2) is 9.67 Å². The molecule has 1 saturated carbocycles. The molecule has 92 valence electrons. The molecule has 2 N–H and O–H groups in total. The summed E-state index contributed by atoms with van der Waals surface area (Å²) in [5, 5.41) is 14.1. The Kier molecular flexibility index (Phi) is 3.69. The average Bonchev–Trinajstić information content (AvgIpc) is 2.88. The van der Waals surface area contributed by atoms with Gasteiger partial charge in [0.05, 0.1) is 6.07 Å². The van der Waals surface area contributed by atoms with Crippen molar-refractivity contribution >= 4 is 11.8 Å². The van der Waals surface area contributed by atoms with E-state index in [1.807, 2.05) is 7.05 Å². The molecule has 17 heavy (non-hydrogen) atoms. The Labute approximate surface area is 105 Å². The van der Waals surface area contributed by atoms with E-state index in [2.05, 4.69) is 16.2 Å². The lowest BCUT2D eigenvalue weighted by Gasteiger charge is -2.23. The van der Waals surface area contributed by atoms with Gasteiger partial charge in [-0.05, 0) is 25.2 Å². The van der Waals surface area contributed by atoms with E-state index in [1.165, 1.54) is 0 Å². The van der Waals surface area contributed by atoms with Crippen molar-refractivity contribution in [1.29, 1.82) is 5.26 Å². The minimum atomic E-state index is -0.597. The molecule has 2 atom stereocenters. The topological polar surface area (TPSA) is 80.5 Å². The second kappa shape index (κ2) is 5.07. The lowest BCUT2D eigenvalue weighted by Crippen LogP contribution is -2.41. The summed E-state index contributed by atoms with van der Waals surface area (Å²) in [6.07, 6.45) is 5.51. The Hall–Kier alpha value is -1.06. The van der Waals surface area contributed by atoms with Gasteiger partial charge in [0.15, 0.2) is 5.16 Å². The van der Waals surface area contributed by atoms with Crippen LogP contribution in [0.15, 0.2) is 11.5 Å². The number of aromatic nitrogens is 3. The standard InChI is InChI=1S/C11H17N5S/c1-16-10(14-8-15-16)17-6-4-9-3-2-5-11(9,13)7-12/h8-9H,2-6,13H2,1H3. The van der Waals surface area contributed by atoms with E-state index in [0.717, 1.165) is 36.6 Å². The minimum absolute atomic E-state index is 0.327. The van der Waals surface area contributed by atoms with Gasteiger partial charge < -0.3 is 5.73 Å². The predicted molar refractivity (Wildman–Crippen MR) is 66.2 cm³/mol. The molecular weight excluding hydrogens is 234 g/mol. The van der Waals surface area contributed by atoms with Crippen LogP contribution in [0.1, 0.15) is 25.7 Å². The summed E-state index contributed by atoms with van der Waals surface area (Å²) in [5.74, 6) is 1.27. The molecule has 5 nitrogen and oxygen atoms in total. The lowest BCUT2D eigenvalue weighted by molar-refractivity contribution is 0.389. The molecule has 2 rings (SSSR count). The van der Waals surface area contributed by atoms with Crippen LogP contribution in [0, 0.1) is 17.2 Å². The van der Waals surface area contributed by atoms with Gasteiger partial charge in [0, 0.05) is 12.8 Å². The smallest absolute Gasteiger partial charge is 0.185 e. The molecule has 1 aliphatic carbocycles. The number of nitrogens with two attached hydrogens (primary N) is 1. The van der Waals surface area contributed by atoms with Gasteiger partial charge in [0.2, 0.25) is 0 Å². The number of nitrogens with zero attached hydrogens (tertiary/aromatic N) is 4. The summed E-state index contributed by atoms with van der Waals surface area (Å²) in [6.45, 7) is 0. The summed E-state index contributed by atoms with van der Waals surface area (Å²) in [5.41, 5.74) is 5.49. The molecule has 0 bridgehead atoms. The van der Waals surface area contributed by atoms with Crippen LogP contribution in [0.25, 0.3) is 0 Å². The molecule has 0 aromatic carbocycles. The average molecular weight is 251 g/mol. The van der Waals surface area contributed by atoms with Crippen molar-refractivity contribution in [3.8, 4) is 6.07 Å². The molecule has 2 unspecified atom stereocenters. The van der Waals surface area contributed by atoms with Gasteiger partial charge in [-0.15, -0.1) is 0 Å². The predicted octanol–water partition coefficient (Wildman–Crippen LogP) is 1.32. The van der Waals surface area contributed by atoms with Crippen LogP contribution in [0.4, 0.5) is 0 Å². The van der Waals surface area contributed by atoms with Crippen LogP contribution in [-0.4, -0.2) is 26.1 Å². The monoisotopic (exact) mass is 251 g/mol. The van der Waals surface area contributed by atoms with Crippen LogP contribution in [-0.2, 0) is 7.05 Å². The van der Waals surface area contributed by atoms with Crippen LogP contribution >= 0.6 is 11.8 Å². The van der Waals surface area contributed by atoms with Crippen molar-refractivity contribution in [2.24, 2.45) is 18.7 Å². The molecule has 0 radical (unpaired) electrons. The van der Waals surface area contributed by atoms with E-state index in [4.69, 9.17) is 11.0 Å². The highest BCUT2D eigenvalue weighted by Crippen LogP contribution is 2.36. The molecule has 1 heterocycles. The van der Waals surface area contributed by atoms with Crippen molar-refractivity contribution in [3.63, 3.8) is 0 Å². The van der Waals surface area contributed by atoms with Crippen molar-refractivity contribution in [2.75, 3.05) is 5.75 Å².